The number of aryl methyl sites for hydroxylation is 1. The van der Waals surface area contributed by atoms with Crippen molar-refractivity contribution in [3.63, 3.8) is 0 Å². The number of benzene rings is 2. The molecule has 4 aromatic rings. The first-order valence-corrected chi connectivity index (χ1v) is 11.8. The Morgan fingerprint density at radius 2 is 1.91 bits per heavy atom. The fourth-order valence-electron chi connectivity index (χ4n) is 4.46. The van der Waals surface area contributed by atoms with Crippen LogP contribution in [0.4, 0.5) is 4.39 Å². The van der Waals surface area contributed by atoms with Crippen molar-refractivity contribution < 1.29 is 14.3 Å². The number of aromatic nitrogens is 2. The van der Waals surface area contributed by atoms with Crippen LogP contribution in [-0.4, -0.2) is 21.3 Å². The van der Waals surface area contributed by atoms with E-state index >= 15 is 0 Å². The van der Waals surface area contributed by atoms with E-state index < -0.39 is 11.9 Å². The highest BCUT2D eigenvalue weighted by atomic mass is 32.1. The molecule has 0 radical (unpaired) electrons. The Labute approximate surface area is 195 Å². The molecule has 2 heterocycles. The first kappa shape index (κ1) is 21.3. The van der Waals surface area contributed by atoms with Crippen molar-refractivity contribution >= 4 is 45.4 Å². The van der Waals surface area contributed by atoms with Crippen LogP contribution in [0.15, 0.2) is 60.0 Å². The summed E-state index contributed by atoms with van der Waals surface area (Å²) in [6.45, 7) is 2.15. The number of hydrogen-bond donors (Lipinski definition) is 2. The molecule has 0 bridgehead atoms. The van der Waals surface area contributed by atoms with Crippen LogP contribution < -0.4 is 0 Å². The van der Waals surface area contributed by atoms with Crippen molar-refractivity contribution in [2.75, 3.05) is 0 Å². The van der Waals surface area contributed by atoms with E-state index in [0.29, 0.717) is 16.8 Å². The molecule has 2 aromatic heterocycles. The molecule has 0 atom stereocenters. The predicted molar refractivity (Wildman–Crippen MR) is 131 cm³/mol. The van der Waals surface area contributed by atoms with Gasteiger partial charge in [0.2, 0.25) is 5.95 Å². The van der Waals surface area contributed by atoms with Crippen LogP contribution in [0.1, 0.15) is 46.4 Å². The van der Waals surface area contributed by atoms with Gasteiger partial charge in [0.05, 0.1) is 10.9 Å². The molecule has 0 unspecified atom stereocenters. The number of aromatic amines is 1. The lowest BCUT2D eigenvalue weighted by Crippen LogP contribution is -2.15. The number of allylic oxidation sites excluding steroid dienone is 1. The maximum absolute atomic E-state index is 14.4. The van der Waals surface area contributed by atoms with Gasteiger partial charge in [-0.25, -0.2) is 4.79 Å². The summed E-state index contributed by atoms with van der Waals surface area (Å²) < 4.78 is 14.4. The third-order valence-corrected chi connectivity index (χ3v) is 7.20. The number of carbonyl (C=O) groups is 1. The molecule has 1 fully saturated rings. The van der Waals surface area contributed by atoms with Gasteiger partial charge >= 0.3 is 5.97 Å². The number of thiophene rings is 1. The normalized spacial score (nSPS) is 15.1. The second-order valence-corrected chi connectivity index (χ2v) is 9.50. The molecule has 5 rings (SSSR count). The Morgan fingerprint density at radius 1 is 1.15 bits per heavy atom. The Kier molecular flexibility index (Phi) is 5.68. The van der Waals surface area contributed by atoms with Crippen molar-refractivity contribution in [1.82, 2.24) is 10.2 Å². The number of aliphatic carboxylic acids is 1. The number of hydrogen-bond acceptors (Lipinski definition) is 3. The molecule has 1 saturated carbocycles. The van der Waals surface area contributed by atoms with Gasteiger partial charge in [0, 0.05) is 11.0 Å². The maximum Gasteiger partial charge on any atom is 0.328 e. The van der Waals surface area contributed by atoms with Gasteiger partial charge in [-0.05, 0) is 88.7 Å². The average molecular weight is 459 g/mol. The molecular formula is C27H23FN2O2S. The summed E-state index contributed by atoms with van der Waals surface area (Å²) in [5.41, 5.74) is 7.11. The van der Waals surface area contributed by atoms with Crippen LogP contribution in [0.3, 0.4) is 0 Å². The van der Waals surface area contributed by atoms with Gasteiger partial charge < -0.3 is 5.11 Å². The van der Waals surface area contributed by atoms with Crippen molar-refractivity contribution in [1.29, 1.82) is 0 Å². The first-order chi connectivity index (χ1) is 16.0. The fourth-order valence-corrected chi connectivity index (χ4v) is 5.18. The number of rotatable bonds is 6. The van der Waals surface area contributed by atoms with Gasteiger partial charge in [-0.2, -0.15) is 4.39 Å². The standard InChI is InChI=1S/C27H23FN2O2S/c1-16-21(13-14-33-16)26(18-3-2-4-18)25(19-8-5-17(6-9-19)7-12-24(31)32)20-10-11-23-22(15-20)27(28)30-29-23/h5-15,18H,2-4H2,1H3,(H,29,30)(H,31,32). The molecule has 0 spiro atoms. The maximum atomic E-state index is 14.4. The largest absolute Gasteiger partial charge is 0.478 e. The lowest BCUT2D eigenvalue weighted by Gasteiger charge is -2.31. The minimum absolute atomic E-state index is 0.449. The van der Waals surface area contributed by atoms with Gasteiger partial charge in [0.15, 0.2) is 0 Å². The smallest absolute Gasteiger partial charge is 0.328 e. The molecule has 33 heavy (non-hydrogen) atoms. The molecule has 1 aliphatic carbocycles. The lowest BCUT2D eigenvalue weighted by atomic mass is 9.73. The Morgan fingerprint density at radius 3 is 2.55 bits per heavy atom. The highest BCUT2D eigenvalue weighted by Gasteiger charge is 2.28. The van der Waals surface area contributed by atoms with Crippen LogP contribution in [0, 0.1) is 18.8 Å². The van der Waals surface area contributed by atoms with E-state index in [2.05, 4.69) is 28.6 Å². The third kappa shape index (κ3) is 4.14. The third-order valence-electron chi connectivity index (χ3n) is 6.35. The van der Waals surface area contributed by atoms with Gasteiger partial charge in [0.25, 0.3) is 0 Å². The summed E-state index contributed by atoms with van der Waals surface area (Å²) in [6.07, 6.45) is 6.19. The summed E-state index contributed by atoms with van der Waals surface area (Å²) in [5.74, 6) is -1.03. The number of carboxylic acids is 1. The molecule has 1 aliphatic rings. The predicted octanol–water partition coefficient (Wildman–Crippen LogP) is 6.93. The summed E-state index contributed by atoms with van der Waals surface area (Å²) in [4.78, 5) is 12.2. The molecule has 166 valence electrons. The monoisotopic (exact) mass is 458 g/mol. The zero-order valence-corrected chi connectivity index (χ0v) is 19.0. The SMILES string of the molecule is Cc1sccc1C(=C(c1ccc(C=CC(=O)O)cc1)c1ccc2[nH]nc(F)c2c1)C1CCC1. The minimum Gasteiger partial charge on any atom is -0.478 e. The Hall–Kier alpha value is -3.51. The highest BCUT2D eigenvalue weighted by Crippen LogP contribution is 2.46. The average Bonchev–Trinajstić information content (AvgIpc) is 3.36. The topological polar surface area (TPSA) is 66.0 Å². The summed E-state index contributed by atoms with van der Waals surface area (Å²) in [6, 6.07) is 15.9. The summed E-state index contributed by atoms with van der Waals surface area (Å²) in [7, 11) is 0. The second kappa shape index (κ2) is 8.79. The van der Waals surface area contributed by atoms with Gasteiger partial charge in [-0.1, -0.05) is 36.8 Å². The molecule has 6 heteroatoms. The van der Waals surface area contributed by atoms with Crippen LogP contribution in [0.5, 0.6) is 0 Å². The summed E-state index contributed by atoms with van der Waals surface area (Å²) in [5, 5.41) is 18.0. The van der Waals surface area contributed by atoms with Gasteiger partial charge in [-0.15, -0.1) is 16.4 Å². The molecule has 2 N–H and O–H groups in total. The van der Waals surface area contributed by atoms with Crippen LogP contribution in [0.2, 0.25) is 0 Å². The lowest BCUT2D eigenvalue weighted by molar-refractivity contribution is -0.131. The molecule has 4 nitrogen and oxygen atoms in total. The summed E-state index contributed by atoms with van der Waals surface area (Å²) >= 11 is 1.74. The van der Waals surface area contributed by atoms with Gasteiger partial charge in [-0.3, -0.25) is 5.10 Å². The van der Waals surface area contributed by atoms with E-state index in [9.17, 15) is 9.18 Å². The molecule has 0 aliphatic heterocycles. The van der Waals surface area contributed by atoms with Crippen molar-refractivity contribution in [2.45, 2.75) is 26.2 Å². The van der Waals surface area contributed by atoms with Crippen molar-refractivity contribution in [3.8, 4) is 0 Å². The van der Waals surface area contributed by atoms with E-state index in [-0.39, 0.29) is 0 Å². The molecule has 0 saturated heterocycles. The zero-order chi connectivity index (χ0) is 22.9. The number of nitrogens with zero attached hydrogens (tertiary/aromatic N) is 1. The number of H-pyrrole nitrogens is 1. The van der Waals surface area contributed by atoms with E-state index in [1.807, 2.05) is 42.5 Å². The second-order valence-electron chi connectivity index (χ2n) is 8.38. The number of halogens is 1. The minimum atomic E-state index is -0.977. The number of fused-ring (bicyclic) bond motifs is 1. The van der Waals surface area contributed by atoms with Crippen LogP contribution in [-0.2, 0) is 4.79 Å². The molecule has 0 amide bonds. The van der Waals surface area contributed by atoms with Crippen molar-refractivity contribution in [3.05, 3.63) is 93.1 Å². The molecular weight excluding hydrogens is 435 g/mol. The Balaban J connectivity index is 1.74. The van der Waals surface area contributed by atoms with E-state index in [4.69, 9.17) is 5.11 Å². The van der Waals surface area contributed by atoms with Crippen LogP contribution in [0.25, 0.3) is 28.1 Å². The van der Waals surface area contributed by atoms with E-state index in [1.54, 1.807) is 17.4 Å². The van der Waals surface area contributed by atoms with Gasteiger partial charge in [0.1, 0.15) is 0 Å². The molecule has 2 aromatic carbocycles. The zero-order valence-electron chi connectivity index (χ0n) is 18.1. The van der Waals surface area contributed by atoms with E-state index in [1.165, 1.54) is 22.4 Å². The quantitative estimate of drug-likeness (QED) is 0.308. The number of carboxylic acid groups (broad SMARTS) is 1. The van der Waals surface area contributed by atoms with E-state index in [0.717, 1.165) is 41.2 Å². The Bertz CT molecular complexity index is 1390. The number of nitrogens with one attached hydrogen (secondary N) is 1. The first-order valence-electron chi connectivity index (χ1n) is 11.0. The fraction of sp³-hybridized carbons (Fsp3) is 0.185. The van der Waals surface area contributed by atoms with Crippen LogP contribution >= 0.6 is 11.3 Å². The van der Waals surface area contributed by atoms with Crippen molar-refractivity contribution in [2.24, 2.45) is 5.92 Å². The highest BCUT2D eigenvalue weighted by molar-refractivity contribution is 7.10.